The number of piperazine rings is 1. The smallest absolute Gasteiger partial charge is 0.245 e. The largest absolute Gasteiger partial charge is 0.346 e. The van der Waals surface area contributed by atoms with Gasteiger partial charge in [0.2, 0.25) is 17.7 Å². The van der Waals surface area contributed by atoms with Crippen LogP contribution in [0.1, 0.15) is 78.1 Å². The van der Waals surface area contributed by atoms with E-state index in [4.69, 9.17) is 0 Å². The van der Waals surface area contributed by atoms with Crippen molar-refractivity contribution >= 4 is 17.7 Å². The number of carbonyl (C=O) groups is 3. The second-order valence-electron chi connectivity index (χ2n) is 11.9. The molecule has 0 radical (unpaired) electrons. The van der Waals surface area contributed by atoms with Gasteiger partial charge in [-0.3, -0.25) is 14.4 Å². The Morgan fingerprint density at radius 1 is 1.00 bits per heavy atom. The quantitative estimate of drug-likeness (QED) is 0.500. The van der Waals surface area contributed by atoms with Crippen molar-refractivity contribution in [3.8, 4) is 0 Å². The lowest BCUT2D eigenvalue weighted by molar-refractivity contribution is -0.150. The van der Waals surface area contributed by atoms with Gasteiger partial charge in [0.25, 0.3) is 0 Å². The Labute approximate surface area is 206 Å². The van der Waals surface area contributed by atoms with E-state index in [2.05, 4.69) is 19.2 Å². The van der Waals surface area contributed by atoms with Gasteiger partial charge in [0.05, 0.1) is 6.04 Å². The first-order valence-corrected chi connectivity index (χ1v) is 13.9. The van der Waals surface area contributed by atoms with E-state index >= 15 is 0 Å². The van der Waals surface area contributed by atoms with Crippen molar-refractivity contribution in [1.29, 1.82) is 0 Å². The number of rotatable bonds is 11. The summed E-state index contributed by atoms with van der Waals surface area (Å²) in [5.74, 6) is 2.74. The van der Waals surface area contributed by atoms with E-state index in [1.54, 1.807) is 0 Å². The summed E-state index contributed by atoms with van der Waals surface area (Å²) in [6, 6.07) is -0.413. The highest BCUT2D eigenvalue weighted by Gasteiger charge is 2.42. The minimum atomic E-state index is -0.302. The molecule has 4 fully saturated rings. The molecule has 1 unspecified atom stereocenters. The van der Waals surface area contributed by atoms with Gasteiger partial charge in [-0.1, -0.05) is 39.5 Å². The summed E-state index contributed by atoms with van der Waals surface area (Å²) < 4.78 is 0. The van der Waals surface area contributed by atoms with Crippen LogP contribution in [0.3, 0.4) is 0 Å². The second-order valence-corrected chi connectivity index (χ2v) is 11.9. The fourth-order valence-corrected chi connectivity index (χ4v) is 5.52. The normalized spacial score (nSPS) is 25.1. The highest BCUT2D eigenvalue weighted by Crippen LogP contribution is 2.37. The standard InChI is InChI=1S/C27H46N4O3/c1-19(2)8-12-29(3)25(32)18-22-9-13-30(14-10-22)27(34)24(17-21-6-7-21)31-15-11-28-23(26(31)33)16-20-4-5-20/h19-24,28H,4-18H2,1-3H3/t23-,24?/m0/s1. The fraction of sp³-hybridized carbons (Fsp3) is 0.889. The zero-order valence-electron chi connectivity index (χ0n) is 21.6. The van der Waals surface area contributed by atoms with Crippen LogP contribution in [0.2, 0.25) is 0 Å². The molecule has 34 heavy (non-hydrogen) atoms. The number of carbonyl (C=O) groups excluding carboxylic acids is 3. The van der Waals surface area contributed by atoms with Crippen LogP contribution in [-0.4, -0.2) is 84.3 Å². The first-order valence-electron chi connectivity index (χ1n) is 13.9. The molecule has 2 heterocycles. The van der Waals surface area contributed by atoms with E-state index in [0.29, 0.717) is 49.7 Å². The van der Waals surface area contributed by atoms with Gasteiger partial charge in [-0.25, -0.2) is 0 Å². The molecule has 0 bridgehead atoms. The second kappa shape index (κ2) is 11.4. The van der Waals surface area contributed by atoms with Gasteiger partial charge in [0.1, 0.15) is 6.04 Å². The molecule has 7 heteroatoms. The van der Waals surface area contributed by atoms with Crippen molar-refractivity contribution in [2.45, 2.75) is 90.1 Å². The summed E-state index contributed by atoms with van der Waals surface area (Å²) in [7, 11) is 1.91. The van der Waals surface area contributed by atoms with Crippen LogP contribution in [0, 0.1) is 23.7 Å². The van der Waals surface area contributed by atoms with Gasteiger partial charge in [0, 0.05) is 46.2 Å². The van der Waals surface area contributed by atoms with Gasteiger partial charge >= 0.3 is 0 Å². The molecule has 192 valence electrons. The highest BCUT2D eigenvalue weighted by atomic mass is 16.2. The van der Waals surface area contributed by atoms with Gasteiger partial charge in [-0.15, -0.1) is 0 Å². The fourth-order valence-electron chi connectivity index (χ4n) is 5.52. The zero-order valence-corrected chi connectivity index (χ0v) is 21.6. The maximum atomic E-state index is 13.7. The van der Waals surface area contributed by atoms with E-state index in [0.717, 1.165) is 45.2 Å². The summed E-state index contributed by atoms with van der Waals surface area (Å²) in [5, 5.41) is 3.41. The van der Waals surface area contributed by atoms with Crippen molar-refractivity contribution in [3.05, 3.63) is 0 Å². The van der Waals surface area contributed by atoms with Crippen LogP contribution in [0.5, 0.6) is 0 Å². The SMILES string of the molecule is CC(C)CCN(C)C(=O)CC1CCN(C(=O)C(CC2CC2)N2CCN[C@@H](CC3CC3)C2=O)CC1. The van der Waals surface area contributed by atoms with Gasteiger partial charge < -0.3 is 20.0 Å². The van der Waals surface area contributed by atoms with Crippen LogP contribution >= 0.6 is 0 Å². The van der Waals surface area contributed by atoms with E-state index in [9.17, 15) is 14.4 Å². The number of nitrogens with zero attached hydrogens (tertiary/aromatic N) is 3. The summed E-state index contributed by atoms with van der Waals surface area (Å²) in [5.41, 5.74) is 0. The maximum absolute atomic E-state index is 13.7. The van der Waals surface area contributed by atoms with Crippen LogP contribution in [0.15, 0.2) is 0 Å². The summed E-state index contributed by atoms with van der Waals surface area (Å²) in [6.07, 6.45) is 9.96. The molecule has 0 aromatic rings. The molecule has 1 N–H and O–H groups in total. The third-order valence-electron chi connectivity index (χ3n) is 8.36. The van der Waals surface area contributed by atoms with Crippen molar-refractivity contribution in [2.75, 3.05) is 39.8 Å². The Bertz CT molecular complexity index is 725. The predicted molar refractivity (Wildman–Crippen MR) is 133 cm³/mol. The molecule has 7 nitrogen and oxygen atoms in total. The third kappa shape index (κ3) is 6.96. The Hall–Kier alpha value is -1.63. The van der Waals surface area contributed by atoms with E-state index in [1.165, 1.54) is 25.7 Å². The molecule has 0 aromatic carbocycles. The summed E-state index contributed by atoms with van der Waals surface area (Å²) >= 11 is 0. The van der Waals surface area contributed by atoms with Gasteiger partial charge in [-0.2, -0.15) is 0 Å². The molecule has 0 spiro atoms. The number of amides is 3. The Kier molecular flexibility index (Phi) is 8.54. The minimum Gasteiger partial charge on any atom is -0.346 e. The average Bonchev–Trinajstić information content (AvgIpc) is 3.74. The molecular formula is C27H46N4O3. The average molecular weight is 475 g/mol. The lowest BCUT2D eigenvalue weighted by atomic mass is 9.92. The van der Waals surface area contributed by atoms with E-state index < -0.39 is 0 Å². The number of hydrogen-bond donors (Lipinski definition) is 1. The molecule has 4 aliphatic rings. The number of hydrogen-bond acceptors (Lipinski definition) is 4. The topological polar surface area (TPSA) is 73.0 Å². The van der Waals surface area contributed by atoms with Crippen molar-refractivity contribution in [3.63, 3.8) is 0 Å². The van der Waals surface area contributed by atoms with Crippen molar-refractivity contribution < 1.29 is 14.4 Å². The number of piperidine rings is 1. The maximum Gasteiger partial charge on any atom is 0.245 e. The molecule has 2 aliphatic heterocycles. The van der Waals surface area contributed by atoms with Crippen LogP contribution in [0.4, 0.5) is 0 Å². The van der Waals surface area contributed by atoms with Crippen molar-refractivity contribution in [2.24, 2.45) is 23.7 Å². The number of nitrogens with one attached hydrogen (secondary N) is 1. The first-order chi connectivity index (χ1) is 16.3. The van der Waals surface area contributed by atoms with Gasteiger partial charge in [-0.05, 0) is 55.8 Å². The molecule has 2 saturated carbocycles. The molecule has 2 atom stereocenters. The molecular weight excluding hydrogens is 428 g/mol. The van der Waals surface area contributed by atoms with Crippen LogP contribution < -0.4 is 5.32 Å². The molecule has 0 aromatic heterocycles. The molecule has 2 saturated heterocycles. The zero-order chi connectivity index (χ0) is 24.2. The predicted octanol–water partition coefficient (Wildman–Crippen LogP) is 2.89. The number of likely N-dealkylation sites (tertiary alicyclic amines) is 1. The summed E-state index contributed by atoms with van der Waals surface area (Å²) in [6.45, 7) is 8.02. The monoisotopic (exact) mass is 474 g/mol. The first kappa shape index (κ1) is 25.5. The molecule has 2 aliphatic carbocycles. The lowest BCUT2D eigenvalue weighted by Crippen LogP contribution is -2.62. The Morgan fingerprint density at radius 3 is 2.29 bits per heavy atom. The van der Waals surface area contributed by atoms with E-state index in [-0.39, 0.29) is 29.8 Å². The minimum absolute atomic E-state index is 0.111. The molecule has 4 rings (SSSR count). The van der Waals surface area contributed by atoms with Gasteiger partial charge in [0.15, 0.2) is 0 Å². The molecule has 3 amide bonds. The highest BCUT2D eigenvalue weighted by molar-refractivity contribution is 5.90. The summed E-state index contributed by atoms with van der Waals surface area (Å²) in [4.78, 5) is 45.4. The van der Waals surface area contributed by atoms with Crippen LogP contribution in [0.25, 0.3) is 0 Å². The Morgan fingerprint density at radius 2 is 1.68 bits per heavy atom. The Balaban J connectivity index is 1.29. The lowest BCUT2D eigenvalue weighted by Gasteiger charge is -2.41. The van der Waals surface area contributed by atoms with Crippen LogP contribution in [-0.2, 0) is 14.4 Å². The van der Waals surface area contributed by atoms with E-state index in [1.807, 2.05) is 21.7 Å². The third-order valence-corrected chi connectivity index (χ3v) is 8.36. The van der Waals surface area contributed by atoms with Crippen molar-refractivity contribution in [1.82, 2.24) is 20.0 Å².